The number of hydrogen-bond donors (Lipinski definition) is 1. The maximum absolute atomic E-state index is 13.6. The standard InChI is InChI=1S/C16H16F2O3/c1-10-6-7-14(15(8-10)20-2)21-9-13(19)11-4-3-5-12(17)16(11)18/h3-8,13,19H,9H2,1-2H3. The quantitative estimate of drug-likeness (QED) is 0.918. The van der Waals surface area contributed by atoms with Gasteiger partial charge in [0.25, 0.3) is 0 Å². The van der Waals surface area contributed by atoms with Crippen LogP contribution in [0.25, 0.3) is 0 Å². The second-order valence-corrected chi connectivity index (χ2v) is 4.62. The Kier molecular flexibility index (Phi) is 4.75. The number of hydrogen-bond acceptors (Lipinski definition) is 3. The molecule has 1 unspecified atom stereocenters. The van der Waals surface area contributed by atoms with Crippen LogP contribution in [0, 0.1) is 18.6 Å². The number of aliphatic hydroxyl groups is 1. The molecule has 0 bridgehead atoms. The highest BCUT2D eigenvalue weighted by Gasteiger charge is 2.17. The van der Waals surface area contributed by atoms with Gasteiger partial charge in [-0.05, 0) is 30.7 Å². The molecule has 0 spiro atoms. The lowest BCUT2D eigenvalue weighted by Crippen LogP contribution is -2.12. The van der Waals surface area contributed by atoms with E-state index in [9.17, 15) is 13.9 Å². The molecule has 0 aliphatic carbocycles. The minimum Gasteiger partial charge on any atom is -0.493 e. The van der Waals surface area contributed by atoms with Gasteiger partial charge in [0.2, 0.25) is 0 Å². The molecule has 0 heterocycles. The van der Waals surface area contributed by atoms with Crippen molar-refractivity contribution < 1.29 is 23.4 Å². The smallest absolute Gasteiger partial charge is 0.164 e. The highest BCUT2D eigenvalue weighted by molar-refractivity contribution is 5.42. The number of benzene rings is 2. The molecule has 21 heavy (non-hydrogen) atoms. The van der Waals surface area contributed by atoms with Gasteiger partial charge < -0.3 is 14.6 Å². The Morgan fingerprint density at radius 3 is 2.62 bits per heavy atom. The highest BCUT2D eigenvalue weighted by atomic mass is 19.2. The molecule has 5 heteroatoms. The molecule has 0 aliphatic heterocycles. The maximum Gasteiger partial charge on any atom is 0.164 e. The van der Waals surface area contributed by atoms with Gasteiger partial charge in [0.1, 0.15) is 12.7 Å². The summed E-state index contributed by atoms with van der Waals surface area (Å²) in [6.07, 6.45) is -1.27. The summed E-state index contributed by atoms with van der Waals surface area (Å²) in [5.41, 5.74) is 0.858. The third kappa shape index (κ3) is 3.49. The normalized spacial score (nSPS) is 12.0. The van der Waals surface area contributed by atoms with Gasteiger partial charge in [-0.1, -0.05) is 18.2 Å². The first-order valence-electron chi connectivity index (χ1n) is 6.42. The fourth-order valence-electron chi connectivity index (χ4n) is 1.93. The summed E-state index contributed by atoms with van der Waals surface area (Å²) in [4.78, 5) is 0. The summed E-state index contributed by atoms with van der Waals surface area (Å²) in [6, 6.07) is 8.96. The first-order chi connectivity index (χ1) is 10.0. The van der Waals surface area contributed by atoms with E-state index in [2.05, 4.69) is 0 Å². The number of halogens is 2. The number of methoxy groups -OCH3 is 1. The molecule has 1 atom stereocenters. The lowest BCUT2D eigenvalue weighted by Gasteiger charge is -2.15. The zero-order valence-electron chi connectivity index (χ0n) is 11.8. The van der Waals surface area contributed by atoms with Crippen LogP contribution in [0.4, 0.5) is 8.78 Å². The van der Waals surface area contributed by atoms with Gasteiger partial charge in [-0.3, -0.25) is 0 Å². The van der Waals surface area contributed by atoms with Crippen LogP contribution in [0.1, 0.15) is 17.2 Å². The van der Waals surface area contributed by atoms with Crippen LogP contribution in [-0.2, 0) is 0 Å². The van der Waals surface area contributed by atoms with E-state index in [-0.39, 0.29) is 12.2 Å². The van der Waals surface area contributed by atoms with Gasteiger partial charge >= 0.3 is 0 Å². The maximum atomic E-state index is 13.6. The lowest BCUT2D eigenvalue weighted by molar-refractivity contribution is 0.102. The Morgan fingerprint density at radius 2 is 1.90 bits per heavy atom. The van der Waals surface area contributed by atoms with Crippen LogP contribution in [0.3, 0.4) is 0 Å². The zero-order valence-corrected chi connectivity index (χ0v) is 11.8. The monoisotopic (exact) mass is 294 g/mol. The molecule has 0 saturated heterocycles. The molecule has 0 radical (unpaired) electrons. The Hall–Kier alpha value is -2.14. The summed E-state index contributed by atoms with van der Waals surface area (Å²) in [6.45, 7) is 1.70. The van der Waals surface area contributed by atoms with Crippen LogP contribution in [0.2, 0.25) is 0 Å². The fourth-order valence-corrected chi connectivity index (χ4v) is 1.93. The minimum atomic E-state index is -1.27. The third-order valence-electron chi connectivity index (χ3n) is 3.06. The molecular weight excluding hydrogens is 278 g/mol. The van der Waals surface area contributed by atoms with Crippen molar-refractivity contribution in [3.63, 3.8) is 0 Å². The summed E-state index contributed by atoms with van der Waals surface area (Å²) < 4.78 is 37.3. The molecule has 2 rings (SSSR count). The van der Waals surface area contributed by atoms with Crippen LogP contribution in [-0.4, -0.2) is 18.8 Å². The molecule has 0 amide bonds. The Morgan fingerprint density at radius 1 is 1.14 bits per heavy atom. The largest absolute Gasteiger partial charge is 0.493 e. The minimum absolute atomic E-state index is 0.138. The van der Waals surface area contributed by atoms with Crippen LogP contribution < -0.4 is 9.47 Å². The van der Waals surface area contributed by atoms with Crippen LogP contribution in [0.5, 0.6) is 11.5 Å². The van der Waals surface area contributed by atoms with Crippen molar-refractivity contribution in [1.82, 2.24) is 0 Å². The van der Waals surface area contributed by atoms with Crippen LogP contribution >= 0.6 is 0 Å². The van der Waals surface area contributed by atoms with Gasteiger partial charge in [-0.15, -0.1) is 0 Å². The van der Waals surface area contributed by atoms with Crippen molar-refractivity contribution in [3.8, 4) is 11.5 Å². The molecule has 0 saturated carbocycles. The predicted molar refractivity (Wildman–Crippen MR) is 74.5 cm³/mol. The SMILES string of the molecule is COc1cc(C)ccc1OCC(O)c1cccc(F)c1F. The Labute approximate surface area is 121 Å². The van der Waals surface area contributed by atoms with Gasteiger partial charge in [0, 0.05) is 5.56 Å². The molecule has 0 fully saturated rings. The summed E-state index contributed by atoms with van der Waals surface area (Å²) in [7, 11) is 1.50. The second-order valence-electron chi connectivity index (χ2n) is 4.62. The van der Waals surface area contributed by atoms with Crippen molar-refractivity contribution >= 4 is 0 Å². The van der Waals surface area contributed by atoms with E-state index >= 15 is 0 Å². The topological polar surface area (TPSA) is 38.7 Å². The summed E-state index contributed by atoms with van der Waals surface area (Å²) >= 11 is 0. The molecule has 2 aromatic carbocycles. The Bertz CT molecular complexity index is 629. The van der Waals surface area contributed by atoms with E-state index in [1.807, 2.05) is 13.0 Å². The molecule has 0 aliphatic rings. The number of aliphatic hydroxyl groups excluding tert-OH is 1. The van der Waals surface area contributed by atoms with E-state index in [1.165, 1.54) is 19.2 Å². The third-order valence-corrected chi connectivity index (χ3v) is 3.06. The van der Waals surface area contributed by atoms with Crippen molar-refractivity contribution in [2.45, 2.75) is 13.0 Å². The molecule has 3 nitrogen and oxygen atoms in total. The van der Waals surface area contributed by atoms with E-state index < -0.39 is 17.7 Å². The molecular formula is C16H16F2O3. The second kappa shape index (κ2) is 6.54. The average Bonchev–Trinajstić information content (AvgIpc) is 2.48. The highest BCUT2D eigenvalue weighted by Crippen LogP contribution is 2.29. The predicted octanol–water partition coefficient (Wildman–Crippen LogP) is 3.39. The van der Waals surface area contributed by atoms with Gasteiger partial charge in [-0.2, -0.15) is 0 Å². The van der Waals surface area contributed by atoms with E-state index in [0.717, 1.165) is 11.6 Å². The van der Waals surface area contributed by atoms with E-state index in [0.29, 0.717) is 11.5 Å². The van der Waals surface area contributed by atoms with Gasteiger partial charge in [-0.25, -0.2) is 8.78 Å². The molecule has 2 aromatic rings. The number of ether oxygens (including phenoxy) is 2. The van der Waals surface area contributed by atoms with Crippen LogP contribution in [0.15, 0.2) is 36.4 Å². The summed E-state index contributed by atoms with van der Waals surface area (Å²) in [5.74, 6) is -1.12. The van der Waals surface area contributed by atoms with Gasteiger partial charge in [0.15, 0.2) is 23.1 Å². The number of aryl methyl sites for hydroxylation is 1. The Balaban J connectivity index is 2.11. The molecule has 1 N–H and O–H groups in total. The summed E-state index contributed by atoms with van der Waals surface area (Å²) in [5, 5.41) is 9.93. The lowest BCUT2D eigenvalue weighted by atomic mass is 10.1. The van der Waals surface area contributed by atoms with Crippen molar-refractivity contribution in [1.29, 1.82) is 0 Å². The zero-order chi connectivity index (χ0) is 15.4. The van der Waals surface area contributed by atoms with E-state index in [1.54, 1.807) is 12.1 Å². The fraction of sp³-hybridized carbons (Fsp3) is 0.250. The van der Waals surface area contributed by atoms with Crippen molar-refractivity contribution in [2.24, 2.45) is 0 Å². The molecule has 0 aromatic heterocycles. The average molecular weight is 294 g/mol. The van der Waals surface area contributed by atoms with Gasteiger partial charge in [0.05, 0.1) is 7.11 Å². The first-order valence-corrected chi connectivity index (χ1v) is 6.42. The molecule has 112 valence electrons. The van der Waals surface area contributed by atoms with Crippen molar-refractivity contribution in [3.05, 3.63) is 59.2 Å². The number of rotatable bonds is 5. The van der Waals surface area contributed by atoms with E-state index in [4.69, 9.17) is 9.47 Å². The van der Waals surface area contributed by atoms with Crippen molar-refractivity contribution in [2.75, 3.05) is 13.7 Å². The first kappa shape index (κ1) is 15.3.